The first kappa shape index (κ1) is 13.7. The normalized spacial score (nSPS) is 12.5. The maximum atomic E-state index is 13.4. The summed E-state index contributed by atoms with van der Waals surface area (Å²) in [5.41, 5.74) is 7.78. The van der Waals surface area contributed by atoms with Gasteiger partial charge >= 0.3 is 0 Å². The van der Waals surface area contributed by atoms with E-state index in [2.05, 4.69) is 5.32 Å². The molecule has 3 N–H and O–H groups in total. The molecule has 1 aromatic heterocycles. The third-order valence-corrected chi connectivity index (χ3v) is 3.30. The summed E-state index contributed by atoms with van der Waals surface area (Å²) in [5, 5.41) is 3.18. The Hall–Kier alpha value is -1.68. The van der Waals surface area contributed by atoms with Gasteiger partial charge in [0.1, 0.15) is 17.3 Å². The second-order valence-corrected chi connectivity index (χ2v) is 5.00. The molecule has 0 aliphatic rings. The molecule has 0 aliphatic carbocycles. The summed E-state index contributed by atoms with van der Waals surface area (Å²) in [7, 11) is 0. The molecule has 0 saturated carbocycles. The first-order chi connectivity index (χ1) is 8.88. The number of furan rings is 1. The van der Waals surface area contributed by atoms with Gasteiger partial charge in [-0.2, -0.15) is 0 Å². The number of anilines is 2. The van der Waals surface area contributed by atoms with E-state index < -0.39 is 5.82 Å². The van der Waals surface area contributed by atoms with E-state index in [0.717, 1.165) is 17.1 Å². The maximum Gasteiger partial charge on any atom is 0.143 e. The highest BCUT2D eigenvalue weighted by Crippen LogP contribution is 2.30. The fraction of sp³-hybridized carbons (Fsp3) is 0.286. The van der Waals surface area contributed by atoms with Crippen LogP contribution in [0.3, 0.4) is 0 Å². The standard InChI is InChI=1S/C14H16ClFN2O/c1-7-4-10(9(3)19-7)8(2)18-14-6-12(16)11(15)5-13(14)17/h4-6,8,18H,17H2,1-3H3. The van der Waals surface area contributed by atoms with Crippen molar-refractivity contribution < 1.29 is 8.81 Å². The predicted octanol–water partition coefficient (Wildman–Crippen LogP) is 4.44. The minimum Gasteiger partial charge on any atom is -0.466 e. The van der Waals surface area contributed by atoms with Crippen LogP contribution in [0, 0.1) is 19.7 Å². The largest absolute Gasteiger partial charge is 0.466 e. The van der Waals surface area contributed by atoms with Crippen molar-refractivity contribution in [1.29, 1.82) is 0 Å². The lowest BCUT2D eigenvalue weighted by molar-refractivity contribution is 0.500. The Kier molecular flexibility index (Phi) is 3.71. The van der Waals surface area contributed by atoms with Crippen molar-refractivity contribution in [2.24, 2.45) is 0 Å². The number of nitrogen functional groups attached to an aromatic ring is 1. The summed E-state index contributed by atoms with van der Waals surface area (Å²) in [6, 6.07) is 4.62. The molecule has 0 bridgehead atoms. The van der Waals surface area contributed by atoms with Gasteiger partial charge in [0.05, 0.1) is 22.4 Å². The highest BCUT2D eigenvalue weighted by molar-refractivity contribution is 6.31. The Morgan fingerprint density at radius 1 is 1.32 bits per heavy atom. The summed E-state index contributed by atoms with van der Waals surface area (Å²) >= 11 is 5.67. The quantitative estimate of drug-likeness (QED) is 0.818. The SMILES string of the molecule is Cc1cc(C(C)Nc2cc(F)c(Cl)cc2N)c(C)o1. The molecule has 1 heterocycles. The van der Waals surface area contributed by atoms with Crippen LogP contribution in [0.2, 0.25) is 5.02 Å². The van der Waals surface area contributed by atoms with Gasteiger partial charge in [-0.15, -0.1) is 0 Å². The molecular formula is C14H16ClFN2O. The number of nitrogens with two attached hydrogens (primary N) is 1. The zero-order valence-corrected chi connectivity index (χ0v) is 11.8. The summed E-state index contributed by atoms with van der Waals surface area (Å²) < 4.78 is 18.9. The Morgan fingerprint density at radius 2 is 2.00 bits per heavy atom. The first-order valence-electron chi connectivity index (χ1n) is 5.96. The molecule has 0 spiro atoms. The van der Waals surface area contributed by atoms with E-state index in [9.17, 15) is 4.39 Å². The molecule has 1 unspecified atom stereocenters. The number of hydrogen-bond acceptors (Lipinski definition) is 3. The zero-order chi connectivity index (χ0) is 14.2. The van der Waals surface area contributed by atoms with E-state index in [-0.39, 0.29) is 11.1 Å². The Morgan fingerprint density at radius 3 is 2.58 bits per heavy atom. The van der Waals surface area contributed by atoms with Crippen LogP contribution in [-0.4, -0.2) is 0 Å². The smallest absolute Gasteiger partial charge is 0.143 e. The lowest BCUT2D eigenvalue weighted by atomic mass is 10.1. The van der Waals surface area contributed by atoms with Gasteiger partial charge in [-0.05, 0) is 32.9 Å². The van der Waals surface area contributed by atoms with E-state index in [1.807, 2.05) is 26.8 Å². The Bertz CT molecular complexity index is 610. The van der Waals surface area contributed by atoms with Crippen LogP contribution in [0.15, 0.2) is 22.6 Å². The van der Waals surface area contributed by atoms with Gasteiger partial charge < -0.3 is 15.5 Å². The van der Waals surface area contributed by atoms with Crippen LogP contribution in [0.4, 0.5) is 15.8 Å². The van der Waals surface area contributed by atoms with E-state index in [4.69, 9.17) is 21.8 Å². The van der Waals surface area contributed by atoms with Crippen LogP contribution in [-0.2, 0) is 0 Å². The van der Waals surface area contributed by atoms with Gasteiger partial charge in [0.15, 0.2) is 0 Å². The minimum atomic E-state index is -0.495. The van der Waals surface area contributed by atoms with E-state index in [0.29, 0.717) is 11.4 Å². The Labute approximate surface area is 116 Å². The zero-order valence-electron chi connectivity index (χ0n) is 11.1. The number of hydrogen-bond donors (Lipinski definition) is 2. The van der Waals surface area contributed by atoms with Crippen LogP contribution in [0.25, 0.3) is 0 Å². The summed E-state index contributed by atoms with van der Waals surface area (Å²) in [4.78, 5) is 0. The van der Waals surface area contributed by atoms with Crippen molar-refractivity contribution in [2.75, 3.05) is 11.1 Å². The highest BCUT2D eigenvalue weighted by atomic mass is 35.5. The molecule has 0 saturated heterocycles. The topological polar surface area (TPSA) is 51.2 Å². The van der Waals surface area contributed by atoms with Gasteiger partial charge in [-0.1, -0.05) is 11.6 Å². The molecular weight excluding hydrogens is 267 g/mol. The third-order valence-electron chi connectivity index (χ3n) is 3.01. The van der Waals surface area contributed by atoms with Gasteiger partial charge in [-0.25, -0.2) is 4.39 Å². The molecule has 2 aromatic rings. The summed E-state index contributed by atoms with van der Waals surface area (Å²) in [5.74, 6) is 1.19. The van der Waals surface area contributed by atoms with Crippen molar-refractivity contribution in [1.82, 2.24) is 0 Å². The minimum absolute atomic E-state index is 0.0195. The van der Waals surface area contributed by atoms with Crippen molar-refractivity contribution in [3.63, 3.8) is 0 Å². The molecule has 3 nitrogen and oxygen atoms in total. The van der Waals surface area contributed by atoms with E-state index in [1.165, 1.54) is 12.1 Å². The van der Waals surface area contributed by atoms with E-state index >= 15 is 0 Å². The fourth-order valence-electron chi connectivity index (χ4n) is 2.08. The van der Waals surface area contributed by atoms with Crippen molar-refractivity contribution in [2.45, 2.75) is 26.8 Å². The van der Waals surface area contributed by atoms with Crippen molar-refractivity contribution in [3.05, 3.63) is 46.1 Å². The molecule has 5 heteroatoms. The molecule has 0 radical (unpaired) electrons. The summed E-state index contributed by atoms with van der Waals surface area (Å²) in [6.07, 6.45) is 0. The second-order valence-electron chi connectivity index (χ2n) is 4.59. The summed E-state index contributed by atoms with van der Waals surface area (Å²) in [6.45, 7) is 5.75. The van der Waals surface area contributed by atoms with E-state index in [1.54, 1.807) is 0 Å². The molecule has 0 aliphatic heterocycles. The van der Waals surface area contributed by atoms with Gasteiger partial charge in [0.25, 0.3) is 0 Å². The van der Waals surface area contributed by atoms with Crippen molar-refractivity contribution >= 4 is 23.0 Å². The first-order valence-corrected chi connectivity index (χ1v) is 6.34. The molecule has 0 fully saturated rings. The molecule has 102 valence electrons. The lowest BCUT2D eigenvalue weighted by Crippen LogP contribution is -2.09. The molecule has 1 atom stereocenters. The maximum absolute atomic E-state index is 13.4. The molecule has 2 rings (SSSR count). The van der Waals surface area contributed by atoms with Crippen LogP contribution in [0.1, 0.15) is 30.0 Å². The number of rotatable bonds is 3. The van der Waals surface area contributed by atoms with Gasteiger partial charge in [-0.3, -0.25) is 0 Å². The second kappa shape index (κ2) is 5.13. The lowest BCUT2D eigenvalue weighted by Gasteiger charge is -2.16. The third kappa shape index (κ3) is 2.84. The number of nitrogens with one attached hydrogen (secondary N) is 1. The number of benzene rings is 1. The van der Waals surface area contributed by atoms with Crippen LogP contribution >= 0.6 is 11.6 Å². The average Bonchev–Trinajstić information content (AvgIpc) is 2.65. The monoisotopic (exact) mass is 282 g/mol. The number of halogens is 2. The Balaban J connectivity index is 2.26. The fourth-order valence-corrected chi connectivity index (χ4v) is 2.25. The van der Waals surface area contributed by atoms with Crippen LogP contribution < -0.4 is 11.1 Å². The molecule has 19 heavy (non-hydrogen) atoms. The average molecular weight is 283 g/mol. The molecule has 1 aromatic carbocycles. The molecule has 0 amide bonds. The number of aryl methyl sites for hydroxylation is 2. The van der Waals surface area contributed by atoms with Gasteiger partial charge in [0.2, 0.25) is 0 Å². The van der Waals surface area contributed by atoms with Gasteiger partial charge in [0, 0.05) is 11.6 Å². The van der Waals surface area contributed by atoms with Crippen LogP contribution in [0.5, 0.6) is 0 Å². The highest BCUT2D eigenvalue weighted by Gasteiger charge is 2.14. The van der Waals surface area contributed by atoms with Crippen molar-refractivity contribution in [3.8, 4) is 0 Å². The predicted molar refractivity (Wildman–Crippen MR) is 76.0 cm³/mol.